The first-order chi connectivity index (χ1) is 8.09. The molecule has 2 N–H and O–H groups in total. The molecule has 17 heavy (non-hydrogen) atoms. The van der Waals surface area contributed by atoms with Crippen LogP contribution in [0.1, 0.15) is 44.7 Å². The number of nitrogens with zero attached hydrogens (tertiary/aromatic N) is 1. The fourth-order valence-corrected chi connectivity index (χ4v) is 3.12. The molecule has 2 rings (SSSR count). The Labute approximate surface area is 108 Å². The van der Waals surface area contributed by atoms with E-state index in [1.165, 1.54) is 17.8 Å². The van der Waals surface area contributed by atoms with Gasteiger partial charge in [-0.2, -0.15) is 0 Å². The van der Waals surface area contributed by atoms with Crippen molar-refractivity contribution in [1.29, 1.82) is 0 Å². The summed E-state index contributed by atoms with van der Waals surface area (Å²) in [5, 5.41) is 10.4. The fraction of sp³-hybridized carbons (Fsp3) is 0.769. The van der Waals surface area contributed by atoms with Gasteiger partial charge in [0.15, 0.2) is 0 Å². The van der Waals surface area contributed by atoms with Crippen LogP contribution in [0.5, 0.6) is 0 Å². The topological polar surface area (TPSA) is 37.0 Å². The molecular formula is C13H23N3S. The number of thiazole rings is 1. The van der Waals surface area contributed by atoms with Gasteiger partial charge < -0.3 is 10.6 Å². The third kappa shape index (κ3) is 3.27. The van der Waals surface area contributed by atoms with Crippen molar-refractivity contribution in [1.82, 2.24) is 15.6 Å². The maximum absolute atomic E-state index is 4.35. The Morgan fingerprint density at radius 2 is 2.47 bits per heavy atom. The molecule has 1 fully saturated rings. The zero-order valence-electron chi connectivity index (χ0n) is 11.0. The van der Waals surface area contributed by atoms with E-state index in [-0.39, 0.29) is 0 Å². The molecule has 0 aromatic carbocycles. The highest BCUT2D eigenvalue weighted by molar-refractivity contribution is 7.09. The van der Waals surface area contributed by atoms with Crippen LogP contribution in [0.15, 0.2) is 11.6 Å². The third-order valence-electron chi connectivity index (χ3n) is 3.78. The SMILES string of the molecule is CC(NCC1NCCCC1(C)C)c1nccs1. The van der Waals surface area contributed by atoms with Crippen LogP contribution in [-0.2, 0) is 0 Å². The van der Waals surface area contributed by atoms with E-state index >= 15 is 0 Å². The van der Waals surface area contributed by atoms with Crippen molar-refractivity contribution in [2.75, 3.05) is 13.1 Å². The van der Waals surface area contributed by atoms with Crippen molar-refractivity contribution in [3.63, 3.8) is 0 Å². The van der Waals surface area contributed by atoms with E-state index in [9.17, 15) is 0 Å². The lowest BCUT2D eigenvalue weighted by Gasteiger charge is -2.40. The molecule has 0 radical (unpaired) electrons. The summed E-state index contributed by atoms with van der Waals surface area (Å²) in [7, 11) is 0. The van der Waals surface area contributed by atoms with Crippen LogP contribution in [0.4, 0.5) is 0 Å². The number of nitrogens with one attached hydrogen (secondary N) is 2. The number of hydrogen-bond donors (Lipinski definition) is 2. The largest absolute Gasteiger partial charge is 0.312 e. The van der Waals surface area contributed by atoms with Gasteiger partial charge in [-0.15, -0.1) is 11.3 Å². The summed E-state index contributed by atoms with van der Waals surface area (Å²) >= 11 is 1.72. The summed E-state index contributed by atoms with van der Waals surface area (Å²) in [5.41, 5.74) is 0.397. The Hall–Kier alpha value is -0.450. The van der Waals surface area contributed by atoms with Gasteiger partial charge in [-0.25, -0.2) is 4.98 Å². The predicted octanol–water partition coefficient (Wildman–Crippen LogP) is 2.57. The van der Waals surface area contributed by atoms with Crippen LogP contribution in [0.3, 0.4) is 0 Å². The summed E-state index contributed by atoms with van der Waals surface area (Å²) in [4.78, 5) is 4.35. The van der Waals surface area contributed by atoms with Gasteiger partial charge in [0.05, 0.1) is 6.04 Å². The first-order valence-corrected chi connectivity index (χ1v) is 7.34. The molecule has 1 saturated heterocycles. The Morgan fingerprint density at radius 3 is 3.12 bits per heavy atom. The van der Waals surface area contributed by atoms with E-state index in [0.29, 0.717) is 17.5 Å². The molecule has 2 heterocycles. The average molecular weight is 253 g/mol. The van der Waals surface area contributed by atoms with E-state index in [4.69, 9.17) is 0 Å². The van der Waals surface area contributed by atoms with E-state index < -0.39 is 0 Å². The van der Waals surface area contributed by atoms with Gasteiger partial charge in [0, 0.05) is 24.2 Å². The fourth-order valence-electron chi connectivity index (χ4n) is 2.45. The molecule has 0 aliphatic carbocycles. The highest BCUT2D eigenvalue weighted by Gasteiger charge is 2.31. The Kier molecular flexibility index (Phi) is 4.17. The number of aromatic nitrogens is 1. The lowest BCUT2D eigenvalue weighted by atomic mass is 9.77. The monoisotopic (exact) mass is 253 g/mol. The van der Waals surface area contributed by atoms with Crippen molar-refractivity contribution >= 4 is 11.3 Å². The van der Waals surface area contributed by atoms with E-state index in [1.54, 1.807) is 11.3 Å². The molecule has 0 amide bonds. The zero-order valence-corrected chi connectivity index (χ0v) is 11.8. The molecule has 1 aliphatic heterocycles. The van der Waals surface area contributed by atoms with Gasteiger partial charge in [0.2, 0.25) is 0 Å². The molecule has 0 spiro atoms. The second kappa shape index (κ2) is 5.46. The summed E-state index contributed by atoms with van der Waals surface area (Å²) in [5.74, 6) is 0. The summed E-state index contributed by atoms with van der Waals surface area (Å²) in [6, 6.07) is 0.924. The summed E-state index contributed by atoms with van der Waals surface area (Å²) in [6.07, 6.45) is 4.49. The third-order valence-corrected chi connectivity index (χ3v) is 4.74. The molecule has 96 valence electrons. The molecule has 0 saturated carbocycles. The maximum Gasteiger partial charge on any atom is 0.109 e. The first-order valence-electron chi connectivity index (χ1n) is 6.46. The molecule has 1 aromatic heterocycles. The van der Waals surface area contributed by atoms with Crippen molar-refractivity contribution in [3.05, 3.63) is 16.6 Å². The molecular weight excluding hydrogens is 230 g/mol. The van der Waals surface area contributed by atoms with Crippen LogP contribution >= 0.6 is 11.3 Å². The number of rotatable bonds is 4. The molecule has 2 unspecified atom stereocenters. The highest BCUT2D eigenvalue weighted by Crippen LogP contribution is 2.30. The van der Waals surface area contributed by atoms with E-state index in [0.717, 1.165) is 13.1 Å². The van der Waals surface area contributed by atoms with Gasteiger partial charge in [-0.05, 0) is 31.7 Å². The average Bonchev–Trinajstić information content (AvgIpc) is 2.80. The Morgan fingerprint density at radius 1 is 1.65 bits per heavy atom. The lowest BCUT2D eigenvalue weighted by molar-refractivity contribution is 0.173. The van der Waals surface area contributed by atoms with Crippen LogP contribution in [0, 0.1) is 5.41 Å². The van der Waals surface area contributed by atoms with Crippen LogP contribution in [0.2, 0.25) is 0 Å². The molecule has 1 aromatic rings. The van der Waals surface area contributed by atoms with Crippen molar-refractivity contribution < 1.29 is 0 Å². The van der Waals surface area contributed by atoms with Crippen LogP contribution in [-0.4, -0.2) is 24.1 Å². The molecule has 1 aliphatic rings. The van der Waals surface area contributed by atoms with Crippen molar-refractivity contribution in [3.8, 4) is 0 Å². The minimum atomic E-state index is 0.356. The van der Waals surface area contributed by atoms with Crippen molar-refractivity contribution in [2.45, 2.75) is 45.7 Å². The smallest absolute Gasteiger partial charge is 0.109 e. The Bertz CT molecular complexity index is 334. The lowest BCUT2D eigenvalue weighted by Crippen LogP contribution is -2.52. The Balaban J connectivity index is 1.85. The van der Waals surface area contributed by atoms with Crippen LogP contribution < -0.4 is 10.6 Å². The number of piperidine rings is 1. The predicted molar refractivity (Wildman–Crippen MR) is 73.3 cm³/mol. The summed E-state index contributed by atoms with van der Waals surface area (Å²) in [6.45, 7) is 9.09. The second-order valence-corrected chi connectivity index (χ2v) is 6.53. The highest BCUT2D eigenvalue weighted by atomic mass is 32.1. The minimum absolute atomic E-state index is 0.356. The standard InChI is InChI=1S/C13H23N3S/c1-10(12-15-7-8-17-12)16-9-11-13(2,3)5-4-6-14-11/h7-8,10-11,14,16H,4-6,9H2,1-3H3. The molecule has 2 atom stereocenters. The first kappa shape index (κ1) is 13.0. The maximum atomic E-state index is 4.35. The zero-order chi connectivity index (χ0) is 12.3. The van der Waals surface area contributed by atoms with Gasteiger partial charge in [-0.3, -0.25) is 0 Å². The van der Waals surface area contributed by atoms with E-state index in [2.05, 4.69) is 36.4 Å². The second-order valence-electron chi connectivity index (χ2n) is 5.60. The number of hydrogen-bond acceptors (Lipinski definition) is 4. The molecule has 0 bridgehead atoms. The van der Waals surface area contributed by atoms with Crippen LogP contribution in [0.25, 0.3) is 0 Å². The van der Waals surface area contributed by atoms with Crippen molar-refractivity contribution in [2.24, 2.45) is 5.41 Å². The van der Waals surface area contributed by atoms with Gasteiger partial charge in [0.1, 0.15) is 5.01 Å². The van der Waals surface area contributed by atoms with Gasteiger partial charge in [-0.1, -0.05) is 13.8 Å². The van der Waals surface area contributed by atoms with E-state index in [1.807, 2.05) is 11.6 Å². The van der Waals surface area contributed by atoms with Gasteiger partial charge in [0.25, 0.3) is 0 Å². The minimum Gasteiger partial charge on any atom is -0.312 e. The molecule has 3 nitrogen and oxygen atoms in total. The summed E-state index contributed by atoms with van der Waals surface area (Å²) < 4.78 is 0. The normalized spacial score (nSPS) is 25.7. The van der Waals surface area contributed by atoms with Gasteiger partial charge >= 0.3 is 0 Å². The molecule has 4 heteroatoms. The quantitative estimate of drug-likeness (QED) is 0.866.